The predicted octanol–water partition coefficient (Wildman–Crippen LogP) is 3.67. The van der Waals surface area contributed by atoms with Gasteiger partial charge in [-0.15, -0.1) is 0 Å². The fourth-order valence-electron chi connectivity index (χ4n) is 3.77. The van der Waals surface area contributed by atoms with Crippen molar-refractivity contribution in [1.82, 2.24) is 0 Å². The Morgan fingerprint density at radius 1 is 1.15 bits per heavy atom. The minimum atomic E-state index is -3.24. The monoisotopic (exact) mass is 384 g/mol. The van der Waals surface area contributed by atoms with Gasteiger partial charge < -0.3 is 5.32 Å². The maximum Gasteiger partial charge on any atom is 0.235 e. The van der Waals surface area contributed by atoms with Crippen molar-refractivity contribution in [1.29, 1.82) is 0 Å². The number of rotatable bonds is 5. The summed E-state index contributed by atoms with van der Waals surface area (Å²) in [7, 11) is -3.24. The fraction of sp³-hybridized carbons (Fsp3) is 0.381. The standard InChI is InChI=1S/C21H24N2O3S/c1-15-8-11-18(23-12-5-13-27(23,25)26)14-19(15)22-21(24)20(17-9-10-17)16-6-3-2-4-7-16/h2-4,6-8,11,14,17,20H,5,9-10,12-13H2,1H3,(H,22,24). The molecule has 1 atom stereocenters. The van der Waals surface area contributed by atoms with Gasteiger partial charge >= 0.3 is 0 Å². The van der Waals surface area contributed by atoms with Crippen LogP contribution in [-0.4, -0.2) is 26.6 Å². The van der Waals surface area contributed by atoms with E-state index in [0.29, 0.717) is 30.3 Å². The summed E-state index contributed by atoms with van der Waals surface area (Å²) < 4.78 is 25.9. The summed E-state index contributed by atoms with van der Waals surface area (Å²) in [6.45, 7) is 2.42. The molecule has 1 aliphatic carbocycles. The second-order valence-electron chi connectivity index (χ2n) is 7.46. The van der Waals surface area contributed by atoms with Gasteiger partial charge in [0.2, 0.25) is 15.9 Å². The van der Waals surface area contributed by atoms with Crippen molar-refractivity contribution in [2.24, 2.45) is 5.92 Å². The molecule has 27 heavy (non-hydrogen) atoms. The summed E-state index contributed by atoms with van der Waals surface area (Å²) >= 11 is 0. The van der Waals surface area contributed by atoms with E-state index in [2.05, 4.69) is 5.32 Å². The zero-order valence-electron chi connectivity index (χ0n) is 15.4. The van der Waals surface area contributed by atoms with E-state index in [0.717, 1.165) is 24.0 Å². The third kappa shape index (κ3) is 3.72. The van der Waals surface area contributed by atoms with Crippen molar-refractivity contribution < 1.29 is 13.2 Å². The molecule has 2 aliphatic rings. The van der Waals surface area contributed by atoms with E-state index in [1.165, 1.54) is 4.31 Å². The number of hydrogen-bond donors (Lipinski definition) is 1. The zero-order chi connectivity index (χ0) is 19.0. The van der Waals surface area contributed by atoms with E-state index in [1.807, 2.05) is 49.4 Å². The van der Waals surface area contributed by atoms with E-state index >= 15 is 0 Å². The SMILES string of the molecule is Cc1ccc(N2CCCS2(=O)=O)cc1NC(=O)C(c1ccccc1)C1CC1. The summed E-state index contributed by atoms with van der Waals surface area (Å²) in [4.78, 5) is 13.1. The number of anilines is 2. The lowest BCUT2D eigenvalue weighted by Gasteiger charge is -2.21. The Bertz CT molecular complexity index is 953. The number of benzene rings is 2. The lowest BCUT2D eigenvalue weighted by atomic mass is 9.93. The molecular formula is C21H24N2O3S. The zero-order valence-corrected chi connectivity index (χ0v) is 16.2. The molecule has 0 aromatic heterocycles. The van der Waals surface area contributed by atoms with Crippen LogP contribution in [0.5, 0.6) is 0 Å². The van der Waals surface area contributed by atoms with Gasteiger partial charge in [-0.3, -0.25) is 9.10 Å². The first kappa shape index (κ1) is 18.0. The highest BCUT2D eigenvalue weighted by Gasteiger charge is 2.37. The second-order valence-corrected chi connectivity index (χ2v) is 9.47. The van der Waals surface area contributed by atoms with E-state index in [9.17, 15) is 13.2 Å². The lowest BCUT2D eigenvalue weighted by Crippen LogP contribution is -2.26. The minimum Gasteiger partial charge on any atom is -0.325 e. The highest BCUT2D eigenvalue weighted by molar-refractivity contribution is 7.93. The van der Waals surface area contributed by atoms with Crippen LogP contribution in [0.4, 0.5) is 11.4 Å². The minimum absolute atomic E-state index is 0.0202. The Hall–Kier alpha value is -2.34. The number of carbonyl (C=O) groups is 1. The number of aryl methyl sites for hydroxylation is 1. The Kier molecular flexibility index (Phi) is 4.68. The molecule has 2 aromatic carbocycles. The third-order valence-electron chi connectivity index (χ3n) is 5.40. The smallest absolute Gasteiger partial charge is 0.235 e. The number of amides is 1. The molecule has 1 saturated heterocycles. The molecule has 4 rings (SSSR count). The van der Waals surface area contributed by atoms with E-state index < -0.39 is 10.0 Å². The highest BCUT2D eigenvalue weighted by atomic mass is 32.2. The van der Waals surface area contributed by atoms with Crippen LogP contribution in [0.2, 0.25) is 0 Å². The number of nitrogens with one attached hydrogen (secondary N) is 1. The van der Waals surface area contributed by atoms with E-state index in [-0.39, 0.29) is 17.6 Å². The van der Waals surface area contributed by atoms with Gasteiger partial charge in [-0.25, -0.2) is 8.42 Å². The van der Waals surface area contributed by atoms with Gasteiger partial charge in [0.15, 0.2) is 0 Å². The molecule has 2 fully saturated rings. The lowest BCUT2D eigenvalue weighted by molar-refractivity contribution is -0.118. The van der Waals surface area contributed by atoms with Gasteiger partial charge in [0.05, 0.1) is 17.4 Å². The van der Waals surface area contributed by atoms with E-state index in [1.54, 1.807) is 6.07 Å². The molecule has 1 N–H and O–H groups in total. The molecule has 1 saturated carbocycles. The molecule has 142 valence electrons. The average molecular weight is 385 g/mol. The molecule has 1 heterocycles. The molecule has 2 aromatic rings. The van der Waals surface area contributed by atoms with Crippen molar-refractivity contribution in [2.45, 2.75) is 32.1 Å². The molecule has 0 spiro atoms. The largest absolute Gasteiger partial charge is 0.325 e. The normalized spacial score (nSPS) is 19.7. The molecule has 0 bridgehead atoms. The third-order valence-corrected chi connectivity index (χ3v) is 7.27. The number of nitrogens with zero attached hydrogens (tertiary/aromatic N) is 1. The van der Waals surface area contributed by atoms with Gasteiger partial charge in [0, 0.05) is 12.2 Å². The number of carbonyl (C=O) groups excluding carboxylic acids is 1. The van der Waals surface area contributed by atoms with Gasteiger partial charge in [-0.2, -0.15) is 0 Å². The molecular weight excluding hydrogens is 360 g/mol. The fourth-order valence-corrected chi connectivity index (χ4v) is 5.32. The van der Waals surface area contributed by atoms with Crippen molar-refractivity contribution >= 4 is 27.3 Å². The number of sulfonamides is 1. The van der Waals surface area contributed by atoms with Crippen molar-refractivity contribution in [3.63, 3.8) is 0 Å². The first-order valence-electron chi connectivity index (χ1n) is 9.42. The van der Waals surface area contributed by atoms with Gasteiger partial charge in [-0.05, 0) is 55.4 Å². The van der Waals surface area contributed by atoms with Crippen molar-refractivity contribution in [3.8, 4) is 0 Å². The Morgan fingerprint density at radius 2 is 1.89 bits per heavy atom. The van der Waals surface area contributed by atoms with Gasteiger partial charge in [0.25, 0.3) is 0 Å². The van der Waals surface area contributed by atoms with Crippen LogP contribution >= 0.6 is 0 Å². The summed E-state index contributed by atoms with van der Waals surface area (Å²) in [6.07, 6.45) is 2.77. The van der Waals surface area contributed by atoms with E-state index in [4.69, 9.17) is 0 Å². The second kappa shape index (κ2) is 7.00. The molecule has 5 nitrogen and oxygen atoms in total. The maximum absolute atomic E-state index is 13.1. The average Bonchev–Trinajstić information content (AvgIpc) is 3.40. The van der Waals surface area contributed by atoms with Gasteiger partial charge in [0.1, 0.15) is 0 Å². The summed E-state index contributed by atoms with van der Waals surface area (Å²) in [6, 6.07) is 15.3. The molecule has 6 heteroatoms. The van der Waals surface area contributed by atoms with Crippen LogP contribution < -0.4 is 9.62 Å². The molecule has 1 unspecified atom stereocenters. The topological polar surface area (TPSA) is 66.5 Å². The maximum atomic E-state index is 13.1. The van der Waals surface area contributed by atoms with Crippen LogP contribution in [-0.2, 0) is 14.8 Å². The molecule has 1 amide bonds. The summed E-state index contributed by atoms with van der Waals surface area (Å²) in [5.74, 6) is 0.383. The van der Waals surface area contributed by atoms with Crippen molar-refractivity contribution in [2.75, 3.05) is 21.9 Å². The van der Waals surface area contributed by atoms with Crippen LogP contribution in [0.3, 0.4) is 0 Å². The van der Waals surface area contributed by atoms with Gasteiger partial charge in [-0.1, -0.05) is 36.4 Å². The summed E-state index contributed by atoms with van der Waals surface area (Å²) in [5, 5.41) is 3.06. The Balaban J connectivity index is 1.60. The Labute approximate surface area is 160 Å². The first-order valence-corrected chi connectivity index (χ1v) is 11.0. The quantitative estimate of drug-likeness (QED) is 0.855. The van der Waals surface area contributed by atoms with Crippen molar-refractivity contribution in [3.05, 3.63) is 59.7 Å². The molecule has 0 radical (unpaired) electrons. The molecule has 1 aliphatic heterocycles. The van der Waals surface area contributed by atoms with Crippen LogP contribution in [0, 0.1) is 12.8 Å². The van der Waals surface area contributed by atoms with Crippen LogP contribution in [0.25, 0.3) is 0 Å². The Morgan fingerprint density at radius 3 is 2.52 bits per heavy atom. The highest BCUT2D eigenvalue weighted by Crippen LogP contribution is 2.43. The first-order chi connectivity index (χ1) is 13.0. The number of hydrogen-bond acceptors (Lipinski definition) is 3. The van der Waals surface area contributed by atoms with Crippen LogP contribution in [0.1, 0.15) is 36.3 Å². The predicted molar refractivity (Wildman–Crippen MR) is 107 cm³/mol. The summed E-state index contributed by atoms with van der Waals surface area (Å²) in [5.41, 5.74) is 3.26. The van der Waals surface area contributed by atoms with Crippen LogP contribution in [0.15, 0.2) is 48.5 Å².